The highest BCUT2D eigenvalue weighted by Gasteiger charge is 2.06. The molecule has 0 aromatic heterocycles. The van der Waals surface area contributed by atoms with Crippen molar-refractivity contribution in [3.8, 4) is 0 Å². The van der Waals surface area contributed by atoms with Crippen LogP contribution in [0.25, 0.3) is 0 Å². The predicted molar refractivity (Wildman–Crippen MR) is 60.2 cm³/mol. The van der Waals surface area contributed by atoms with Crippen LogP contribution in [0.5, 0.6) is 0 Å². The molecule has 78 valence electrons. The largest absolute Gasteiger partial charge is 0.396 e. The lowest BCUT2D eigenvalue weighted by Gasteiger charge is -2.13. The fourth-order valence-electron chi connectivity index (χ4n) is 1.78. The van der Waals surface area contributed by atoms with Gasteiger partial charge < -0.3 is 5.11 Å². The van der Waals surface area contributed by atoms with Crippen molar-refractivity contribution in [3.63, 3.8) is 0 Å². The van der Waals surface area contributed by atoms with Crippen LogP contribution in [-0.4, -0.2) is 11.7 Å². The smallest absolute Gasteiger partial charge is 0.0431 e. The molecule has 14 heavy (non-hydrogen) atoms. The molecule has 1 atom stereocenters. The van der Waals surface area contributed by atoms with Crippen LogP contribution in [0.2, 0.25) is 0 Å². The highest BCUT2D eigenvalue weighted by molar-refractivity contribution is 5.15. The monoisotopic (exact) mass is 192 g/mol. The van der Waals surface area contributed by atoms with Gasteiger partial charge in [0.1, 0.15) is 0 Å². The lowest BCUT2D eigenvalue weighted by Crippen LogP contribution is -2.04. The Morgan fingerprint density at radius 3 is 2.50 bits per heavy atom. The van der Waals surface area contributed by atoms with Crippen molar-refractivity contribution in [1.29, 1.82) is 0 Å². The van der Waals surface area contributed by atoms with E-state index in [4.69, 9.17) is 5.11 Å². The maximum atomic E-state index is 8.78. The zero-order chi connectivity index (χ0) is 10.2. The first-order chi connectivity index (χ1) is 6.86. The minimum atomic E-state index is 0.325. The summed E-state index contributed by atoms with van der Waals surface area (Å²) in [5.41, 5.74) is 1.41. The third-order valence-electron chi connectivity index (χ3n) is 2.72. The molecular formula is C13H20O. The molecule has 1 heteroatoms. The van der Waals surface area contributed by atoms with Gasteiger partial charge in [-0.25, -0.2) is 0 Å². The quantitative estimate of drug-likeness (QED) is 0.734. The lowest BCUT2D eigenvalue weighted by atomic mass is 9.93. The second kappa shape index (κ2) is 6.61. The van der Waals surface area contributed by atoms with Gasteiger partial charge in [-0.2, -0.15) is 0 Å². The van der Waals surface area contributed by atoms with E-state index in [1.807, 2.05) is 0 Å². The lowest BCUT2D eigenvalue weighted by molar-refractivity contribution is 0.269. The Hall–Kier alpha value is -0.820. The van der Waals surface area contributed by atoms with Crippen LogP contribution in [0.4, 0.5) is 0 Å². The fourth-order valence-corrected chi connectivity index (χ4v) is 1.78. The van der Waals surface area contributed by atoms with Crippen LogP contribution in [-0.2, 0) is 6.42 Å². The number of aliphatic hydroxyl groups is 1. The predicted octanol–water partition coefficient (Wildman–Crippen LogP) is 3.03. The molecular weight excluding hydrogens is 172 g/mol. The van der Waals surface area contributed by atoms with Gasteiger partial charge in [0.05, 0.1) is 0 Å². The maximum absolute atomic E-state index is 8.78. The van der Waals surface area contributed by atoms with Gasteiger partial charge in [0.15, 0.2) is 0 Å². The molecule has 1 aromatic rings. The zero-order valence-corrected chi connectivity index (χ0v) is 8.95. The molecule has 0 heterocycles. The summed E-state index contributed by atoms with van der Waals surface area (Å²) in [4.78, 5) is 0. The van der Waals surface area contributed by atoms with Gasteiger partial charge in [-0.05, 0) is 30.7 Å². The first kappa shape index (κ1) is 11.3. The fraction of sp³-hybridized carbons (Fsp3) is 0.538. The molecule has 0 aliphatic rings. The van der Waals surface area contributed by atoms with E-state index in [0.29, 0.717) is 6.61 Å². The summed E-state index contributed by atoms with van der Waals surface area (Å²) in [6.45, 7) is 2.55. The van der Waals surface area contributed by atoms with E-state index in [-0.39, 0.29) is 0 Å². The molecule has 1 nitrogen and oxygen atoms in total. The van der Waals surface area contributed by atoms with E-state index in [1.54, 1.807) is 0 Å². The van der Waals surface area contributed by atoms with E-state index < -0.39 is 0 Å². The van der Waals surface area contributed by atoms with Crippen molar-refractivity contribution in [2.75, 3.05) is 6.61 Å². The second-order valence-electron chi connectivity index (χ2n) is 3.83. The minimum Gasteiger partial charge on any atom is -0.396 e. The topological polar surface area (TPSA) is 20.2 Å². The van der Waals surface area contributed by atoms with Crippen molar-refractivity contribution in [1.82, 2.24) is 0 Å². The zero-order valence-electron chi connectivity index (χ0n) is 8.95. The van der Waals surface area contributed by atoms with Crippen molar-refractivity contribution in [3.05, 3.63) is 35.9 Å². The van der Waals surface area contributed by atoms with E-state index in [1.165, 1.54) is 12.0 Å². The highest BCUT2D eigenvalue weighted by atomic mass is 16.2. The number of benzene rings is 1. The molecule has 0 saturated heterocycles. The minimum absolute atomic E-state index is 0.325. The number of hydrogen-bond acceptors (Lipinski definition) is 1. The first-order valence-corrected chi connectivity index (χ1v) is 5.51. The van der Waals surface area contributed by atoms with E-state index in [2.05, 4.69) is 37.3 Å². The summed E-state index contributed by atoms with van der Waals surface area (Å²) in [7, 11) is 0. The maximum Gasteiger partial charge on any atom is 0.0431 e. The molecule has 1 aromatic carbocycles. The molecule has 0 saturated carbocycles. The molecule has 0 radical (unpaired) electrons. The SMILES string of the molecule is CCC(CCCO)Cc1ccccc1. The van der Waals surface area contributed by atoms with Gasteiger partial charge in [-0.1, -0.05) is 43.7 Å². The Morgan fingerprint density at radius 2 is 1.93 bits per heavy atom. The molecule has 0 aliphatic heterocycles. The van der Waals surface area contributed by atoms with Crippen LogP contribution in [0.15, 0.2) is 30.3 Å². The highest BCUT2D eigenvalue weighted by Crippen LogP contribution is 2.16. The summed E-state index contributed by atoms with van der Waals surface area (Å²) in [6.07, 6.45) is 4.43. The number of aliphatic hydroxyl groups excluding tert-OH is 1. The summed E-state index contributed by atoms with van der Waals surface area (Å²) < 4.78 is 0. The Morgan fingerprint density at radius 1 is 1.21 bits per heavy atom. The molecule has 0 fully saturated rings. The Kier molecular flexibility index (Phi) is 5.31. The molecule has 1 unspecified atom stereocenters. The third kappa shape index (κ3) is 3.93. The van der Waals surface area contributed by atoms with E-state index in [9.17, 15) is 0 Å². The number of hydrogen-bond donors (Lipinski definition) is 1. The average Bonchev–Trinajstić information content (AvgIpc) is 2.25. The van der Waals surface area contributed by atoms with Gasteiger partial charge in [-0.15, -0.1) is 0 Å². The molecule has 0 amide bonds. The van der Waals surface area contributed by atoms with Crippen molar-refractivity contribution in [2.45, 2.75) is 32.6 Å². The van der Waals surface area contributed by atoms with Crippen LogP contribution < -0.4 is 0 Å². The van der Waals surface area contributed by atoms with Crippen LogP contribution >= 0.6 is 0 Å². The standard InChI is InChI=1S/C13H20O/c1-2-12(9-6-10-14)11-13-7-4-3-5-8-13/h3-5,7-8,12,14H,2,6,9-11H2,1H3. The van der Waals surface area contributed by atoms with Crippen LogP contribution in [0, 0.1) is 5.92 Å². The van der Waals surface area contributed by atoms with Crippen molar-refractivity contribution >= 4 is 0 Å². The second-order valence-corrected chi connectivity index (χ2v) is 3.83. The Bertz CT molecular complexity index is 230. The first-order valence-electron chi connectivity index (χ1n) is 5.51. The summed E-state index contributed by atoms with van der Waals surface area (Å²) in [5.74, 6) is 0.726. The Balaban J connectivity index is 2.40. The van der Waals surface area contributed by atoms with Crippen molar-refractivity contribution < 1.29 is 5.11 Å². The van der Waals surface area contributed by atoms with Crippen molar-refractivity contribution in [2.24, 2.45) is 5.92 Å². The molecule has 0 aliphatic carbocycles. The normalized spacial score (nSPS) is 12.7. The van der Waals surface area contributed by atoms with E-state index in [0.717, 1.165) is 25.2 Å². The summed E-state index contributed by atoms with van der Waals surface area (Å²) in [6, 6.07) is 10.6. The third-order valence-corrected chi connectivity index (χ3v) is 2.72. The van der Waals surface area contributed by atoms with Crippen LogP contribution in [0.3, 0.4) is 0 Å². The molecule has 1 rings (SSSR count). The number of rotatable bonds is 6. The molecule has 1 N–H and O–H groups in total. The van der Waals surface area contributed by atoms with Gasteiger partial charge >= 0.3 is 0 Å². The van der Waals surface area contributed by atoms with Gasteiger partial charge in [0.2, 0.25) is 0 Å². The van der Waals surface area contributed by atoms with Gasteiger partial charge in [0, 0.05) is 6.61 Å². The Labute approximate surface area is 86.8 Å². The average molecular weight is 192 g/mol. The molecule has 0 bridgehead atoms. The van der Waals surface area contributed by atoms with Gasteiger partial charge in [0.25, 0.3) is 0 Å². The van der Waals surface area contributed by atoms with Gasteiger partial charge in [-0.3, -0.25) is 0 Å². The summed E-state index contributed by atoms with van der Waals surface area (Å²) >= 11 is 0. The van der Waals surface area contributed by atoms with E-state index >= 15 is 0 Å². The molecule has 0 spiro atoms. The summed E-state index contributed by atoms with van der Waals surface area (Å²) in [5, 5.41) is 8.78. The van der Waals surface area contributed by atoms with Crippen LogP contribution in [0.1, 0.15) is 31.7 Å².